The lowest BCUT2D eigenvalue weighted by molar-refractivity contribution is -0.116. The van der Waals surface area contributed by atoms with Crippen molar-refractivity contribution >= 4 is 28.3 Å². The van der Waals surface area contributed by atoms with Crippen molar-refractivity contribution in [2.45, 2.75) is 31.7 Å². The minimum Gasteiger partial charge on any atom is -0.478 e. The van der Waals surface area contributed by atoms with Crippen LogP contribution in [0.3, 0.4) is 0 Å². The Hall–Kier alpha value is -4.30. The number of likely N-dealkylation sites (tertiary alicyclic amines) is 1. The number of nitrogens with zero attached hydrogens (tertiary/aromatic N) is 3. The van der Waals surface area contributed by atoms with Crippen LogP contribution in [0.5, 0.6) is 0 Å². The predicted molar refractivity (Wildman–Crippen MR) is 147 cm³/mol. The number of halogens is 1. The summed E-state index contributed by atoms with van der Waals surface area (Å²) in [6.07, 6.45) is 1.36. The maximum Gasteiger partial charge on any atom is 0.338 e. The van der Waals surface area contributed by atoms with E-state index in [9.17, 15) is 23.9 Å². The largest absolute Gasteiger partial charge is 0.478 e. The van der Waals surface area contributed by atoms with E-state index in [-0.39, 0.29) is 34.8 Å². The molecule has 2 aliphatic rings. The van der Waals surface area contributed by atoms with E-state index >= 15 is 0 Å². The molecule has 0 bridgehead atoms. The first-order chi connectivity index (χ1) is 18.8. The number of hydrogen-bond donors (Lipinski definition) is 1. The Morgan fingerprint density at radius 1 is 0.949 bits per heavy atom. The first kappa shape index (κ1) is 25.0. The molecule has 1 amide bonds. The number of piperidine rings is 1. The molecule has 8 heteroatoms. The van der Waals surface area contributed by atoms with Crippen LogP contribution in [-0.4, -0.2) is 46.1 Å². The summed E-state index contributed by atoms with van der Waals surface area (Å²) in [5.41, 5.74) is 2.15. The zero-order valence-electron chi connectivity index (χ0n) is 21.6. The number of fused-ring (bicyclic) bond motifs is 3. The van der Waals surface area contributed by atoms with Gasteiger partial charge >= 0.3 is 5.97 Å². The van der Waals surface area contributed by atoms with Crippen LogP contribution in [0.4, 0.5) is 10.1 Å². The molecule has 0 saturated carbocycles. The number of aromatic nitrogens is 1. The molecule has 1 N–H and O–H groups in total. The van der Waals surface area contributed by atoms with Crippen molar-refractivity contribution in [2.24, 2.45) is 0 Å². The van der Waals surface area contributed by atoms with Gasteiger partial charge in [-0.3, -0.25) is 19.1 Å². The van der Waals surface area contributed by atoms with E-state index in [2.05, 4.69) is 4.90 Å². The number of carbonyl (C=O) groups excluding carboxylic acids is 1. The molecule has 7 nitrogen and oxygen atoms in total. The van der Waals surface area contributed by atoms with Gasteiger partial charge in [-0.25, -0.2) is 9.18 Å². The highest BCUT2D eigenvalue weighted by atomic mass is 19.1. The van der Waals surface area contributed by atoms with Crippen LogP contribution in [-0.2, 0) is 16.8 Å². The van der Waals surface area contributed by atoms with E-state index < -0.39 is 5.97 Å². The van der Waals surface area contributed by atoms with Crippen LogP contribution in [0.25, 0.3) is 16.5 Å². The molecule has 39 heavy (non-hydrogen) atoms. The Kier molecular flexibility index (Phi) is 6.07. The molecule has 1 saturated heterocycles. The first-order valence-corrected chi connectivity index (χ1v) is 13.0. The number of anilines is 1. The van der Waals surface area contributed by atoms with E-state index in [4.69, 9.17) is 0 Å². The standard InChI is InChI=1S/C31H28FN3O4/c1-20(36)34-19-31(25-17-21(32)11-12-26(25)34)13-15-33(16-14-31)18-27-28(30(38)39)23-9-5-6-10-24(23)29(37)35(27)22-7-3-2-4-8-22/h2-12,17H,13-16,18-19H2,1H3,(H,38,39). The van der Waals surface area contributed by atoms with Crippen LogP contribution in [0.15, 0.2) is 77.6 Å². The average Bonchev–Trinajstić information content (AvgIpc) is 3.24. The van der Waals surface area contributed by atoms with Crippen molar-refractivity contribution in [3.63, 3.8) is 0 Å². The van der Waals surface area contributed by atoms with Gasteiger partial charge in [0.1, 0.15) is 5.82 Å². The monoisotopic (exact) mass is 525 g/mol. The van der Waals surface area contributed by atoms with Gasteiger partial charge in [0, 0.05) is 47.6 Å². The van der Waals surface area contributed by atoms with Crippen LogP contribution in [0, 0.1) is 5.82 Å². The van der Waals surface area contributed by atoms with Crippen LogP contribution >= 0.6 is 0 Å². The van der Waals surface area contributed by atoms with E-state index in [1.54, 1.807) is 53.4 Å². The molecule has 6 rings (SSSR count). The van der Waals surface area contributed by atoms with E-state index in [1.165, 1.54) is 17.6 Å². The van der Waals surface area contributed by atoms with Gasteiger partial charge in [0.05, 0.1) is 11.3 Å². The fourth-order valence-electron chi connectivity index (χ4n) is 6.34. The van der Waals surface area contributed by atoms with Gasteiger partial charge in [-0.1, -0.05) is 36.4 Å². The fraction of sp³-hybridized carbons (Fsp3) is 0.258. The summed E-state index contributed by atoms with van der Waals surface area (Å²) in [5, 5.41) is 11.1. The van der Waals surface area contributed by atoms with Crippen molar-refractivity contribution in [1.29, 1.82) is 0 Å². The molecule has 2 aliphatic heterocycles. The molecular weight excluding hydrogens is 497 g/mol. The number of carbonyl (C=O) groups is 2. The molecule has 1 fully saturated rings. The van der Waals surface area contributed by atoms with E-state index in [0.717, 1.165) is 11.3 Å². The Balaban J connectivity index is 1.39. The minimum atomic E-state index is -1.09. The maximum absolute atomic E-state index is 14.3. The molecule has 4 aromatic rings. The molecule has 0 aliphatic carbocycles. The fourth-order valence-corrected chi connectivity index (χ4v) is 6.34. The van der Waals surface area contributed by atoms with Crippen LogP contribution < -0.4 is 10.5 Å². The van der Waals surface area contributed by atoms with Crippen molar-refractivity contribution in [1.82, 2.24) is 9.47 Å². The smallest absolute Gasteiger partial charge is 0.338 e. The first-order valence-electron chi connectivity index (χ1n) is 13.0. The SMILES string of the molecule is CC(=O)N1CC2(CCN(Cc3c(C(=O)O)c4ccccc4c(=O)n3-c3ccccc3)CC2)c2cc(F)ccc21. The predicted octanol–water partition coefficient (Wildman–Crippen LogP) is 4.73. The number of carboxylic acids is 1. The van der Waals surface area contributed by atoms with Gasteiger partial charge in [0.25, 0.3) is 5.56 Å². The van der Waals surface area contributed by atoms with Crippen molar-refractivity contribution < 1.29 is 19.1 Å². The zero-order valence-corrected chi connectivity index (χ0v) is 21.6. The summed E-state index contributed by atoms with van der Waals surface area (Å²) >= 11 is 0. The zero-order chi connectivity index (χ0) is 27.3. The topological polar surface area (TPSA) is 82.9 Å². The molecule has 1 spiro atoms. The number of carboxylic acid groups (broad SMARTS) is 1. The van der Waals surface area contributed by atoms with Gasteiger partial charge in [0.2, 0.25) is 5.91 Å². The molecule has 3 heterocycles. The number of pyridine rings is 1. The Morgan fingerprint density at radius 2 is 1.62 bits per heavy atom. The third kappa shape index (κ3) is 4.12. The number of hydrogen-bond acceptors (Lipinski definition) is 4. The highest BCUT2D eigenvalue weighted by Gasteiger charge is 2.46. The highest BCUT2D eigenvalue weighted by molar-refractivity contribution is 6.04. The minimum absolute atomic E-state index is 0.0729. The van der Waals surface area contributed by atoms with E-state index in [0.29, 0.717) is 54.6 Å². The maximum atomic E-state index is 14.3. The lowest BCUT2D eigenvalue weighted by Gasteiger charge is -2.40. The second-order valence-corrected chi connectivity index (χ2v) is 10.5. The average molecular weight is 526 g/mol. The quantitative estimate of drug-likeness (QED) is 0.417. The summed E-state index contributed by atoms with van der Waals surface area (Å²) in [5.74, 6) is -1.48. The molecule has 3 aromatic carbocycles. The third-order valence-corrected chi connectivity index (χ3v) is 8.26. The Morgan fingerprint density at radius 3 is 2.28 bits per heavy atom. The molecular formula is C31H28FN3O4. The number of amides is 1. The van der Waals surface area contributed by atoms with Crippen LogP contribution in [0.1, 0.15) is 41.4 Å². The molecule has 0 unspecified atom stereocenters. The Labute approximate surface area is 224 Å². The molecule has 1 aromatic heterocycles. The summed E-state index contributed by atoms with van der Waals surface area (Å²) < 4.78 is 15.8. The molecule has 198 valence electrons. The summed E-state index contributed by atoms with van der Waals surface area (Å²) in [7, 11) is 0. The van der Waals surface area contributed by atoms with Gasteiger partial charge < -0.3 is 10.0 Å². The number of aromatic carboxylic acids is 1. The summed E-state index contributed by atoms with van der Waals surface area (Å²) in [4.78, 5) is 42.6. The molecule has 0 atom stereocenters. The summed E-state index contributed by atoms with van der Waals surface area (Å²) in [6.45, 7) is 3.50. The number of rotatable bonds is 4. The van der Waals surface area contributed by atoms with Crippen LogP contribution in [0.2, 0.25) is 0 Å². The van der Waals surface area contributed by atoms with Gasteiger partial charge in [0.15, 0.2) is 0 Å². The second kappa shape index (κ2) is 9.47. The van der Waals surface area contributed by atoms with Crippen molar-refractivity contribution in [3.8, 4) is 5.69 Å². The second-order valence-electron chi connectivity index (χ2n) is 10.5. The highest BCUT2D eigenvalue weighted by Crippen LogP contribution is 2.47. The van der Waals surface area contributed by atoms with Crippen molar-refractivity contribution in [2.75, 3.05) is 24.5 Å². The lowest BCUT2D eigenvalue weighted by Crippen LogP contribution is -2.46. The lowest BCUT2D eigenvalue weighted by atomic mass is 9.74. The number of benzene rings is 3. The number of para-hydroxylation sites is 1. The summed E-state index contributed by atoms with van der Waals surface area (Å²) in [6, 6.07) is 20.5. The van der Waals surface area contributed by atoms with Crippen molar-refractivity contribution in [3.05, 3.63) is 106 Å². The third-order valence-electron chi connectivity index (χ3n) is 8.26. The van der Waals surface area contributed by atoms with Gasteiger partial charge in [-0.05, 0) is 67.9 Å². The normalized spacial score (nSPS) is 16.5. The Bertz CT molecular complexity index is 1670. The molecule has 0 radical (unpaired) electrons. The van der Waals surface area contributed by atoms with E-state index in [1.807, 2.05) is 18.2 Å². The van der Waals surface area contributed by atoms with Gasteiger partial charge in [-0.15, -0.1) is 0 Å². The van der Waals surface area contributed by atoms with Gasteiger partial charge in [-0.2, -0.15) is 0 Å².